The lowest BCUT2D eigenvalue weighted by molar-refractivity contribution is -0.130. The van der Waals surface area contributed by atoms with Gasteiger partial charge in [0.05, 0.1) is 6.04 Å². The topological polar surface area (TPSA) is 125 Å². The zero-order valence-electron chi connectivity index (χ0n) is 20.6. The minimum atomic E-state index is -0.647. The zero-order chi connectivity index (χ0) is 23.9. The molecule has 0 aliphatic rings. The molecule has 6 N–H and O–H groups in total. The number of primary amides is 1. The molecule has 0 saturated carbocycles. The van der Waals surface area contributed by atoms with Crippen LogP contribution in [0.2, 0.25) is 0 Å². The van der Waals surface area contributed by atoms with Gasteiger partial charge in [0.1, 0.15) is 6.04 Å². The normalized spacial score (nSPS) is 13.2. The van der Waals surface area contributed by atoms with Crippen LogP contribution in [0, 0.1) is 17.3 Å². The highest BCUT2D eigenvalue weighted by Crippen LogP contribution is 2.17. The van der Waals surface area contributed by atoms with Crippen molar-refractivity contribution in [3.05, 3.63) is 0 Å². The minimum Gasteiger partial charge on any atom is -0.354 e. The SMILES string of the molecule is CC(C)C.CNC(C(=O)NC(CCCNC(N)=O)C(=O)NCCC(C)(C)C)C(C)C. The van der Waals surface area contributed by atoms with E-state index in [-0.39, 0.29) is 29.2 Å². The predicted octanol–water partition coefficient (Wildman–Crippen LogP) is 2.38. The summed E-state index contributed by atoms with van der Waals surface area (Å²) in [5.41, 5.74) is 5.16. The van der Waals surface area contributed by atoms with Crippen molar-refractivity contribution in [2.45, 2.75) is 86.7 Å². The first kappa shape index (κ1) is 30.4. The van der Waals surface area contributed by atoms with Gasteiger partial charge >= 0.3 is 6.03 Å². The number of nitrogens with one attached hydrogen (secondary N) is 4. The summed E-state index contributed by atoms with van der Waals surface area (Å²) >= 11 is 0. The molecule has 0 aromatic carbocycles. The van der Waals surface area contributed by atoms with Gasteiger partial charge in [-0.1, -0.05) is 55.4 Å². The Labute approximate surface area is 183 Å². The third-order valence-corrected chi connectivity index (χ3v) is 4.04. The van der Waals surface area contributed by atoms with Crippen molar-refractivity contribution in [1.82, 2.24) is 21.3 Å². The molecule has 0 aromatic rings. The summed E-state index contributed by atoms with van der Waals surface area (Å²) < 4.78 is 0. The average Bonchev–Trinajstić information content (AvgIpc) is 2.55. The van der Waals surface area contributed by atoms with Crippen LogP contribution in [0.15, 0.2) is 0 Å². The van der Waals surface area contributed by atoms with E-state index in [1.807, 2.05) is 13.8 Å². The molecule has 2 unspecified atom stereocenters. The molecule has 0 heterocycles. The van der Waals surface area contributed by atoms with E-state index in [2.05, 4.69) is 62.8 Å². The molecule has 8 nitrogen and oxygen atoms in total. The molecule has 0 bridgehead atoms. The smallest absolute Gasteiger partial charge is 0.312 e. The lowest BCUT2D eigenvalue weighted by Gasteiger charge is -2.25. The Kier molecular flexibility index (Phi) is 16.1. The summed E-state index contributed by atoms with van der Waals surface area (Å²) in [4.78, 5) is 35.7. The van der Waals surface area contributed by atoms with Crippen LogP contribution in [0.1, 0.15) is 74.7 Å². The van der Waals surface area contributed by atoms with Gasteiger partial charge in [0.15, 0.2) is 0 Å². The van der Waals surface area contributed by atoms with Gasteiger partial charge in [-0.25, -0.2) is 4.79 Å². The van der Waals surface area contributed by atoms with Crippen molar-refractivity contribution in [3.63, 3.8) is 0 Å². The quantitative estimate of drug-likeness (QED) is 0.323. The van der Waals surface area contributed by atoms with Crippen molar-refractivity contribution in [3.8, 4) is 0 Å². The maximum atomic E-state index is 12.5. The Bertz CT molecular complexity index is 499. The summed E-state index contributed by atoms with van der Waals surface area (Å²) in [6.45, 7) is 17.6. The standard InChI is InChI=1S/C18H37N5O3.C4H10/c1-12(2)14(20-6)16(25)23-13(8-7-10-22-17(19)26)15(24)21-11-9-18(3,4)5;1-4(2)3/h12-14,20H,7-11H2,1-6H3,(H,21,24)(H,23,25)(H3,19,22,26);4H,1-3H3. The molecule has 0 aromatic heterocycles. The lowest BCUT2D eigenvalue weighted by Crippen LogP contribution is -2.54. The minimum absolute atomic E-state index is 0.0983. The summed E-state index contributed by atoms with van der Waals surface area (Å²) in [5, 5.41) is 11.2. The molecular weight excluding hydrogens is 382 g/mol. The van der Waals surface area contributed by atoms with Gasteiger partial charge in [-0.2, -0.15) is 0 Å². The molecule has 0 spiro atoms. The Balaban J connectivity index is 0. The van der Waals surface area contributed by atoms with Crippen LogP contribution >= 0.6 is 0 Å². The summed E-state index contributed by atoms with van der Waals surface area (Å²) in [6.07, 6.45) is 1.79. The third kappa shape index (κ3) is 18.2. The van der Waals surface area contributed by atoms with Crippen molar-refractivity contribution in [2.75, 3.05) is 20.1 Å². The number of nitrogens with two attached hydrogens (primary N) is 1. The van der Waals surface area contributed by atoms with E-state index >= 15 is 0 Å². The number of rotatable bonds is 11. The second-order valence-electron chi connectivity index (χ2n) is 9.84. The molecule has 178 valence electrons. The summed E-state index contributed by atoms with van der Waals surface area (Å²) in [5.74, 6) is 0.516. The highest BCUT2D eigenvalue weighted by Gasteiger charge is 2.26. The first-order valence-electron chi connectivity index (χ1n) is 11.0. The van der Waals surface area contributed by atoms with Gasteiger partial charge in [-0.15, -0.1) is 0 Å². The van der Waals surface area contributed by atoms with Gasteiger partial charge in [-0.05, 0) is 43.6 Å². The van der Waals surface area contributed by atoms with Crippen LogP contribution < -0.4 is 27.0 Å². The Hall–Kier alpha value is -1.83. The highest BCUT2D eigenvalue weighted by atomic mass is 16.2. The van der Waals surface area contributed by atoms with Gasteiger partial charge in [0.2, 0.25) is 11.8 Å². The second-order valence-corrected chi connectivity index (χ2v) is 9.84. The van der Waals surface area contributed by atoms with E-state index in [1.54, 1.807) is 7.05 Å². The number of hydrogen-bond acceptors (Lipinski definition) is 4. The van der Waals surface area contributed by atoms with Crippen LogP contribution in [-0.4, -0.2) is 50.1 Å². The van der Waals surface area contributed by atoms with Crippen molar-refractivity contribution in [2.24, 2.45) is 23.0 Å². The first-order valence-corrected chi connectivity index (χ1v) is 11.0. The molecular formula is C22H47N5O3. The number of likely N-dealkylation sites (N-methyl/N-ethyl adjacent to an activating group) is 1. The molecule has 0 rings (SSSR count). The van der Waals surface area contributed by atoms with E-state index in [1.165, 1.54) is 0 Å². The Morgan fingerprint density at radius 1 is 0.900 bits per heavy atom. The van der Waals surface area contributed by atoms with Gasteiger partial charge in [0.25, 0.3) is 0 Å². The van der Waals surface area contributed by atoms with Crippen molar-refractivity contribution < 1.29 is 14.4 Å². The molecule has 2 atom stereocenters. The fourth-order valence-electron chi connectivity index (χ4n) is 2.50. The van der Waals surface area contributed by atoms with Gasteiger partial charge in [-0.3, -0.25) is 9.59 Å². The zero-order valence-corrected chi connectivity index (χ0v) is 20.6. The maximum Gasteiger partial charge on any atom is 0.312 e. The molecule has 30 heavy (non-hydrogen) atoms. The molecule has 0 aliphatic carbocycles. The summed E-state index contributed by atoms with van der Waals surface area (Å²) in [7, 11) is 1.72. The van der Waals surface area contributed by atoms with Gasteiger partial charge in [0, 0.05) is 13.1 Å². The number of hydrogen-bond donors (Lipinski definition) is 5. The Morgan fingerprint density at radius 2 is 1.43 bits per heavy atom. The molecule has 0 radical (unpaired) electrons. The van der Waals surface area contributed by atoms with Gasteiger partial charge < -0.3 is 27.0 Å². The first-order chi connectivity index (χ1) is 13.7. The van der Waals surface area contributed by atoms with Crippen LogP contribution in [-0.2, 0) is 9.59 Å². The van der Waals surface area contributed by atoms with E-state index < -0.39 is 12.1 Å². The maximum absolute atomic E-state index is 12.5. The van der Waals surface area contributed by atoms with Crippen LogP contribution in [0.25, 0.3) is 0 Å². The fourth-order valence-corrected chi connectivity index (χ4v) is 2.50. The molecule has 0 fully saturated rings. The van der Waals surface area contributed by atoms with Crippen molar-refractivity contribution >= 4 is 17.8 Å². The largest absolute Gasteiger partial charge is 0.354 e. The highest BCUT2D eigenvalue weighted by molar-refractivity contribution is 5.89. The average molecular weight is 430 g/mol. The second kappa shape index (κ2) is 15.9. The Morgan fingerprint density at radius 3 is 1.83 bits per heavy atom. The van der Waals surface area contributed by atoms with E-state index in [0.717, 1.165) is 12.3 Å². The summed E-state index contributed by atoms with van der Waals surface area (Å²) in [6, 6.07) is -1.62. The van der Waals surface area contributed by atoms with E-state index in [9.17, 15) is 14.4 Å². The van der Waals surface area contributed by atoms with Crippen molar-refractivity contribution in [1.29, 1.82) is 0 Å². The lowest BCUT2D eigenvalue weighted by atomic mass is 9.92. The number of amides is 4. The van der Waals surface area contributed by atoms with E-state index in [0.29, 0.717) is 25.9 Å². The van der Waals surface area contributed by atoms with Crippen LogP contribution in [0.3, 0.4) is 0 Å². The number of carbonyl (C=O) groups excluding carboxylic acids is 3. The van der Waals surface area contributed by atoms with Crippen LogP contribution in [0.5, 0.6) is 0 Å². The van der Waals surface area contributed by atoms with Crippen LogP contribution in [0.4, 0.5) is 4.79 Å². The molecule has 8 heteroatoms. The predicted molar refractivity (Wildman–Crippen MR) is 124 cm³/mol. The monoisotopic (exact) mass is 429 g/mol. The number of urea groups is 1. The fraction of sp³-hybridized carbons (Fsp3) is 0.864. The molecule has 4 amide bonds. The van der Waals surface area contributed by atoms with E-state index in [4.69, 9.17) is 5.73 Å². The number of carbonyl (C=O) groups is 3. The molecule has 0 aliphatic heterocycles. The third-order valence-electron chi connectivity index (χ3n) is 4.04. The molecule has 0 saturated heterocycles.